The third-order valence-electron chi connectivity index (χ3n) is 5.35. The maximum atomic E-state index is 13.5. The summed E-state index contributed by atoms with van der Waals surface area (Å²) in [6.07, 6.45) is 1.74. The van der Waals surface area contributed by atoms with E-state index in [0.29, 0.717) is 27.7 Å². The van der Waals surface area contributed by atoms with Crippen LogP contribution in [0.1, 0.15) is 32.8 Å². The van der Waals surface area contributed by atoms with Gasteiger partial charge in [-0.15, -0.1) is 0 Å². The van der Waals surface area contributed by atoms with Crippen LogP contribution in [0.4, 0.5) is 5.69 Å². The van der Waals surface area contributed by atoms with Crippen LogP contribution >= 0.6 is 39.1 Å². The zero-order valence-electron chi connectivity index (χ0n) is 19.4. The molecule has 2 aromatic carbocycles. The molecular weight excluding hydrogens is 565 g/mol. The van der Waals surface area contributed by atoms with Gasteiger partial charge in [-0.05, 0) is 56.7 Å². The Balaban J connectivity index is 2.43. The molecule has 0 spiro atoms. The number of hydrogen-bond donors (Lipinski definition) is 1. The molecule has 0 aliphatic carbocycles. The van der Waals surface area contributed by atoms with Crippen molar-refractivity contribution in [3.05, 3.63) is 62.5 Å². The molecule has 2 amide bonds. The number of nitrogens with one attached hydrogen (secondary N) is 1. The molecule has 0 saturated heterocycles. The molecule has 0 aromatic heterocycles. The standard InChI is InChI=1S/C23H28BrCl2N3O4S/c1-5-15(2)27-23(31)16(3)28(13-19-20(25)7-6-8-21(19)26)22(30)14-29(34(4,32)33)18-11-9-17(24)10-12-18/h6-12,15-16H,5,13-14H2,1-4H3,(H,27,31)/t15-,16+/m0/s1. The van der Waals surface area contributed by atoms with Gasteiger partial charge in [0.1, 0.15) is 12.6 Å². The average molecular weight is 593 g/mol. The number of nitrogens with zero attached hydrogens (tertiary/aromatic N) is 2. The van der Waals surface area contributed by atoms with Crippen LogP contribution in [-0.2, 0) is 26.2 Å². The number of anilines is 1. The fourth-order valence-corrected chi connectivity index (χ4v) is 4.75. The minimum absolute atomic E-state index is 0.0651. The van der Waals surface area contributed by atoms with E-state index in [2.05, 4.69) is 21.2 Å². The summed E-state index contributed by atoms with van der Waals surface area (Å²) in [5.41, 5.74) is 0.795. The number of benzene rings is 2. The second-order valence-corrected chi connectivity index (χ2v) is 11.6. The third-order valence-corrected chi connectivity index (χ3v) is 7.73. The van der Waals surface area contributed by atoms with E-state index in [1.54, 1.807) is 49.4 Å². The number of sulfonamides is 1. The first-order chi connectivity index (χ1) is 15.8. The molecule has 0 aliphatic heterocycles. The molecule has 0 bridgehead atoms. The van der Waals surface area contributed by atoms with Crippen molar-refractivity contribution in [2.24, 2.45) is 0 Å². The fourth-order valence-electron chi connectivity index (χ4n) is 3.12. The van der Waals surface area contributed by atoms with Gasteiger partial charge in [0.05, 0.1) is 11.9 Å². The lowest BCUT2D eigenvalue weighted by Crippen LogP contribution is -2.52. The molecule has 0 unspecified atom stereocenters. The lowest BCUT2D eigenvalue weighted by molar-refractivity contribution is -0.139. The average Bonchev–Trinajstić information content (AvgIpc) is 2.76. The number of hydrogen-bond acceptors (Lipinski definition) is 4. The second kappa shape index (κ2) is 12.2. The highest BCUT2D eigenvalue weighted by atomic mass is 79.9. The summed E-state index contributed by atoms with van der Waals surface area (Å²) in [4.78, 5) is 27.7. The van der Waals surface area contributed by atoms with E-state index in [1.807, 2.05) is 13.8 Å². The van der Waals surface area contributed by atoms with Crippen molar-refractivity contribution < 1.29 is 18.0 Å². The molecular formula is C23H28BrCl2N3O4S. The van der Waals surface area contributed by atoms with Crippen molar-refractivity contribution in [3.8, 4) is 0 Å². The summed E-state index contributed by atoms with van der Waals surface area (Å²) in [5.74, 6) is -0.934. The van der Waals surface area contributed by atoms with E-state index in [4.69, 9.17) is 23.2 Å². The number of carbonyl (C=O) groups excluding carboxylic acids is 2. The van der Waals surface area contributed by atoms with Crippen molar-refractivity contribution >= 4 is 66.7 Å². The predicted molar refractivity (Wildman–Crippen MR) is 141 cm³/mol. The van der Waals surface area contributed by atoms with Gasteiger partial charge in [0, 0.05) is 32.7 Å². The van der Waals surface area contributed by atoms with Gasteiger partial charge in [-0.2, -0.15) is 0 Å². The molecule has 0 radical (unpaired) electrons. The molecule has 7 nitrogen and oxygen atoms in total. The summed E-state index contributed by atoms with van der Waals surface area (Å²) in [5, 5.41) is 3.55. The Morgan fingerprint density at radius 2 is 1.62 bits per heavy atom. The smallest absolute Gasteiger partial charge is 0.244 e. The van der Waals surface area contributed by atoms with E-state index in [1.165, 1.54) is 4.90 Å². The maximum Gasteiger partial charge on any atom is 0.244 e. The van der Waals surface area contributed by atoms with Crippen LogP contribution < -0.4 is 9.62 Å². The first-order valence-electron chi connectivity index (χ1n) is 10.6. The Kier molecular flexibility index (Phi) is 10.2. The van der Waals surface area contributed by atoms with Gasteiger partial charge < -0.3 is 10.2 Å². The fraction of sp³-hybridized carbons (Fsp3) is 0.391. The zero-order valence-corrected chi connectivity index (χ0v) is 23.3. The molecule has 1 N–H and O–H groups in total. The Hall–Kier alpha value is -1.81. The van der Waals surface area contributed by atoms with Crippen molar-refractivity contribution in [1.29, 1.82) is 0 Å². The molecule has 34 heavy (non-hydrogen) atoms. The van der Waals surface area contributed by atoms with Crippen LogP contribution in [0, 0.1) is 0 Å². The number of amides is 2. The van der Waals surface area contributed by atoms with Gasteiger partial charge in [-0.1, -0.05) is 52.1 Å². The number of carbonyl (C=O) groups is 2. The van der Waals surface area contributed by atoms with E-state index in [9.17, 15) is 18.0 Å². The minimum Gasteiger partial charge on any atom is -0.352 e. The van der Waals surface area contributed by atoms with Crippen LogP contribution in [-0.4, -0.2) is 50.0 Å². The molecule has 11 heteroatoms. The van der Waals surface area contributed by atoms with Crippen molar-refractivity contribution in [1.82, 2.24) is 10.2 Å². The highest BCUT2D eigenvalue weighted by Gasteiger charge is 2.31. The van der Waals surface area contributed by atoms with Gasteiger partial charge in [0.25, 0.3) is 0 Å². The SMILES string of the molecule is CC[C@H](C)NC(=O)[C@@H](C)N(Cc1c(Cl)cccc1Cl)C(=O)CN(c1ccc(Br)cc1)S(C)(=O)=O. The van der Waals surface area contributed by atoms with E-state index in [0.717, 1.165) is 15.0 Å². The first kappa shape index (κ1) is 28.4. The van der Waals surface area contributed by atoms with Crippen LogP contribution in [0.15, 0.2) is 46.9 Å². The summed E-state index contributed by atoms with van der Waals surface area (Å²) < 4.78 is 26.9. The summed E-state index contributed by atoms with van der Waals surface area (Å²) in [6.45, 7) is 4.82. The topological polar surface area (TPSA) is 86.8 Å². The number of halogens is 3. The van der Waals surface area contributed by atoms with E-state index < -0.39 is 28.5 Å². The summed E-state index contributed by atoms with van der Waals surface area (Å²) in [6, 6.07) is 10.5. The Morgan fingerprint density at radius 1 is 1.06 bits per heavy atom. The van der Waals surface area contributed by atoms with Gasteiger partial charge in [0.15, 0.2) is 0 Å². The maximum absolute atomic E-state index is 13.5. The van der Waals surface area contributed by atoms with Gasteiger partial charge in [-0.3, -0.25) is 13.9 Å². The number of rotatable bonds is 10. The van der Waals surface area contributed by atoms with Crippen molar-refractivity contribution in [2.75, 3.05) is 17.1 Å². The summed E-state index contributed by atoms with van der Waals surface area (Å²) in [7, 11) is -3.80. The second-order valence-electron chi connectivity index (χ2n) is 7.96. The minimum atomic E-state index is -3.80. The van der Waals surface area contributed by atoms with E-state index >= 15 is 0 Å². The van der Waals surface area contributed by atoms with Crippen LogP contribution in [0.3, 0.4) is 0 Å². The van der Waals surface area contributed by atoms with Crippen LogP contribution in [0.2, 0.25) is 10.0 Å². The van der Waals surface area contributed by atoms with Gasteiger partial charge in [-0.25, -0.2) is 8.42 Å². The molecule has 186 valence electrons. The molecule has 2 aromatic rings. The normalized spacial score (nSPS) is 13.1. The molecule has 2 atom stereocenters. The van der Waals surface area contributed by atoms with E-state index in [-0.39, 0.29) is 18.5 Å². The van der Waals surface area contributed by atoms with Gasteiger partial charge >= 0.3 is 0 Å². The lowest BCUT2D eigenvalue weighted by Gasteiger charge is -2.32. The highest BCUT2D eigenvalue weighted by molar-refractivity contribution is 9.10. The highest BCUT2D eigenvalue weighted by Crippen LogP contribution is 2.27. The quantitative estimate of drug-likeness (QED) is 0.427. The van der Waals surface area contributed by atoms with Crippen molar-refractivity contribution in [3.63, 3.8) is 0 Å². The zero-order chi connectivity index (χ0) is 25.6. The molecule has 0 heterocycles. The molecule has 0 fully saturated rings. The summed E-state index contributed by atoms with van der Waals surface area (Å²) >= 11 is 16.0. The largest absolute Gasteiger partial charge is 0.352 e. The van der Waals surface area contributed by atoms with Gasteiger partial charge in [0.2, 0.25) is 21.8 Å². The Labute approximate surface area is 219 Å². The van der Waals surface area contributed by atoms with Crippen molar-refractivity contribution in [2.45, 2.75) is 45.8 Å². The third kappa shape index (κ3) is 7.60. The monoisotopic (exact) mass is 591 g/mol. The lowest BCUT2D eigenvalue weighted by atomic mass is 10.1. The Bertz CT molecular complexity index is 1110. The molecule has 0 saturated carbocycles. The predicted octanol–water partition coefficient (Wildman–Crippen LogP) is 4.85. The first-order valence-corrected chi connectivity index (χ1v) is 14.0. The molecule has 2 rings (SSSR count). The Morgan fingerprint density at radius 3 is 2.12 bits per heavy atom. The molecule has 0 aliphatic rings. The van der Waals surface area contributed by atoms with Crippen LogP contribution in [0.5, 0.6) is 0 Å². The van der Waals surface area contributed by atoms with Crippen LogP contribution in [0.25, 0.3) is 0 Å².